The number of aromatic nitrogens is 2. The standard InChI is InChI=1S/C26H31ClN4O/c1-18(2)25-24(16-28-31(25)23-10-4-19(3)5-11-23)26(32)29-22-12-14-30(15-13-22)17-20-6-8-21(27)9-7-20/h4-11,16,18,22H,12-15,17H2,1-3H3,(H,29,32). The third-order valence-corrected chi connectivity index (χ3v) is 6.37. The minimum absolute atomic E-state index is 0.0248. The highest BCUT2D eigenvalue weighted by Crippen LogP contribution is 2.24. The molecule has 0 saturated carbocycles. The van der Waals surface area contributed by atoms with Gasteiger partial charge in [-0.25, -0.2) is 4.68 Å². The van der Waals surface area contributed by atoms with Crippen LogP contribution in [-0.4, -0.2) is 39.7 Å². The van der Waals surface area contributed by atoms with E-state index in [1.165, 1.54) is 11.1 Å². The number of hydrogen-bond acceptors (Lipinski definition) is 3. The number of carbonyl (C=O) groups excluding carboxylic acids is 1. The van der Waals surface area contributed by atoms with E-state index in [0.29, 0.717) is 5.56 Å². The second-order valence-electron chi connectivity index (χ2n) is 9.00. The number of likely N-dealkylation sites (tertiary alicyclic amines) is 1. The summed E-state index contributed by atoms with van der Waals surface area (Å²) >= 11 is 5.99. The van der Waals surface area contributed by atoms with Crippen LogP contribution < -0.4 is 5.32 Å². The molecular weight excluding hydrogens is 420 g/mol. The second-order valence-corrected chi connectivity index (χ2v) is 9.43. The SMILES string of the molecule is Cc1ccc(-n2ncc(C(=O)NC3CCN(Cc4ccc(Cl)cc4)CC3)c2C(C)C)cc1. The molecule has 0 bridgehead atoms. The number of rotatable bonds is 6. The number of amides is 1. The molecule has 1 N–H and O–H groups in total. The van der Waals surface area contributed by atoms with E-state index >= 15 is 0 Å². The van der Waals surface area contributed by atoms with Gasteiger partial charge in [0, 0.05) is 30.7 Å². The maximum atomic E-state index is 13.2. The van der Waals surface area contributed by atoms with Gasteiger partial charge in [0.1, 0.15) is 0 Å². The van der Waals surface area contributed by atoms with Gasteiger partial charge in [-0.05, 0) is 55.5 Å². The van der Waals surface area contributed by atoms with Crippen molar-refractivity contribution < 1.29 is 4.79 Å². The lowest BCUT2D eigenvalue weighted by Gasteiger charge is -2.32. The van der Waals surface area contributed by atoms with Gasteiger partial charge in [-0.3, -0.25) is 9.69 Å². The predicted molar refractivity (Wildman–Crippen MR) is 130 cm³/mol. The summed E-state index contributed by atoms with van der Waals surface area (Å²) in [5, 5.41) is 8.58. The topological polar surface area (TPSA) is 50.2 Å². The summed E-state index contributed by atoms with van der Waals surface area (Å²) in [5.41, 5.74) is 5.07. The van der Waals surface area contributed by atoms with Gasteiger partial charge in [0.05, 0.1) is 23.1 Å². The van der Waals surface area contributed by atoms with Crippen LogP contribution in [0.5, 0.6) is 0 Å². The number of carbonyl (C=O) groups is 1. The van der Waals surface area contributed by atoms with E-state index in [2.05, 4.69) is 60.4 Å². The molecule has 32 heavy (non-hydrogen) atoms. The molecule has 1 aliphatic heterocycles. The van der Waals surface area contributed by atoms with Gasteiger partial charge in [0.25, 0.3) is 5.91 Å². The van der Waals surface area contributed by atoms with Gasteiger partial charge in [-0.2, -0.15) is 5.10 Å². The molecule has 1 fully saturated rings. The second kappa shape index (κ2) is 9.88. The molecule has 1 saturated heterocycles. The zero-order valence-electron chi connectivity index (χ0n) is 19.0. The van der Waals surface area contributed by atoms with Crippen LogP contribution in [0, 0.1) is 6.92 Å². The monoisotopic (exact) mass is 450 g/mol. The van der Waals surface area contributed by atoms with E-state index in [-0.39, 0.29) is 17.9 Å². The minimum Gasteiger partial charge on any atom is -0.349 e. The fourth-order valence-electron chi connectivity index (χ4n) is 4.33. The van der Waals surface area contributed by atoms with Crippen LogP contribution in [0.2, 0.25) is 5.02 Å². The van der Waals surface area contributed by atoms with E-state index in [1.54, 1.807) is 6.20 Å². The molecule has 168 valence electrons. The molecule has 2 heterocycles. The van der Waals surface area contributed by atoms with Crippen molar-refractivity contribution in [3.63, 3.8) is 0 Å². The summed E-state index contributed by atoms with van der Waals surface area (Å²) in [7, 11) is 0. The number of halogens is 1. The minimum atomic E-state index is -0.0248. The van der Waals surface area contributed by atoms with Gasteiger partial charge in [0.15, 0.2) is 0 Å². The summed E-state index contributed by atoms with van der Waals surface area (Å²) in [6.45, 7) is 9.12. The number of piperidine rings is 1. The fourth-order valence-corrected chi connectivity index (χ4v) is 4.45. The van der Waals surface area contributed by atoms with Crippen molar-refractivity contribution in [3.05, 3.63) is 82.1 Å². The average Bonchev–Trinajstić information content (AvgIpc) is 3.23. The third kappa shape index (κ3) is 5.22. The van der Waals surface area contributed by atoms with Crippen LogP contribution in [0.1, 0.15) is 59.8 Å². The van der Waals surface area contributed by atoms with Crippen molar-refractivity contribution in [1.82, 2.24) is 20.0 Å². The van der Waals surface area contributed by atoms with Crippen LogP contribution in [-0.2, 0) is 6.54 Å². The van der Waals surface area contributed by atoms with E-state index in [1.807, 2.05) is 28.9 Å². The molecule has 2 aromatic carbocycles. The Labute approximate surface area is 195 Å². The van der Waals surface area contributed by atoms with Gasteiger partial charge in [-0.1, -0.05) is 55.3 Å². The first kappa shape index (κ1) is 22.6. The van der Waals surface area contributed by atoms with Crippen LogP contribution in [0.25, 0.3) is 5.69 Å². The van der Waals surface area contributed by atoms with Crippen LogP contribution in [0.3, 0.4) is 0 Å². The van der Waals surface area contributed by atoms with Gasteiger partial charge in [-0.15, -0.1) is 0 Å². The zero-order valence-corrected chi connectivity index (χ0v) is 19.8. The zero-order chi connectivity index (χ0) is 22.7. The molecule has 1 amide bonds. The first-order chi connectivity index (χ1) is 15.4. The lowest BCUT2D eigenvalue weighted by Crippen LogP contribution is -2.44. The first-order valence-electron chi connectivity index (χ1n) is 11.3. The van der Waals surface area contributed by atoms with Crippen molar-refractivity contribution >= 4 is 17.5 Å². The molecule has 3 aromatic rings. The summed E-state index contributed by atoms with van der Waals surface area (Å²) in [6.07, 6.45) is 3.60. The van der Waals surface area contributed by atoms with Crippen LogP contribution in [0.4, 0.5) is 0 Å². The summed E-state index contributed by atoms with van der Waals surface area (Å²) < 4.78 is 1.90. The Morgan fingerprint density at radius 3 is 2.38 bits per heavy atom. The van der Waals surface area contributed by atoms with Crippen LogP contribution in [0.15, 0.2) is 54.7 Å². The lowest BCUT2D eigenvalue weighted by molar-refractivity contribution is 0.0907. The van der Waals surface area contributed by atoms with Crippen molar-refractivity contribution in [2.24, 2.45) is 0 Å². The number of hydrogen-bond donors (Lipinski definition) is 1. The Kier molecular flexibility index (Phi) is 6.97. The van der Waals surface area contributed by atoms with Crippen molar-refractivity contribution in [2.45, 2.75) is 52.1 Å². The van der Waals surface area contributed by atoms with E-state index < -0.39 is 0 Å². The number of nitrogens with zero attached hydrogens (tertiary/aromatic N) is 3. The fraction of sp³-hybridized carbons (Fsp3) is 0.385. The average molecular weight is 451 g/mol. The molecule has 5 nitrogen and oxygen atoms in total. The first-order valence-corrected chi connectivity index (χ1v) is 11.7. The Morgan fingerprint density at radius 2 is 1.75 bits per heavy atom. The Morgan fingerprint density at radius 1 is 1.09 bits per heavy atom. The molecule has 0 atom stereocenters. The van der Waals surface area contributed by atoms with Gasteiger partial charge < -0.3 is 5.32 Å². The Bertz CT molecular complexity index is 1050. The molecule has 1 aliphatic rings. The number of aryl methyl sites for hydroxylation is 1. The number of nitrogens with one attached hydrogen (secondary N) is 1. The molecule has 0 unspecified atom stereocenters. The van der Waals surface area contributed by atoms with Gasteiger partial charge >= 0.3 is 0 Å². The molecule has 0 aliphatic carbocycles. The normalized spacial score (nSPS) is 15.3. The van der Waals surface area contributed by atoms with Gasteiger partial charge in [0.2, 0.25) is 0 Å². The Hall–Kier alpha value is -2.63. The highest BCUT2D eigenvalue weighted by Gasteiger charge is 2.25. The molecule has 4 rings (SSSR count). The maximum absolute atomic E-state index is 13.2. The maximum Gasteiger partial charge on any atom is 0.255 e. The smallest absolute Gasteiger partial charge is 0.255 e. The number of benzene rings is 2. The largest absolute Gasteiger partial charge is 0.349 e. The lowest BCUT2D eigenvalue weighted by atomic mass is 10.0. The molecule has 0 radical (unpaired) electrons. The quantitative estimate of drug-likeness (QED) is 0.550. The summed E-state index contributed by atoms with van der Waals surface area (Å²) in [5.74, 6) is 0.156. The molecule has 6 heteroatoms. The highest BCUT2D eigenvalue weighted by atomic mass is 35.5. The molecule has 0 spiro atoms. The highest BCUT2D eigenvalue weighted by molar-refractivity contribution is 6.30. The molecular formula is C26H31ClN4O. The Balaban J connectivity index is 1.39. The van der Waals surface area contributed by atoms with Crippen molar-refractivity contribution in [2.75, 3.05) is 13.1 Å². The molecule has 1 aromatic heterocycles. The summed E-state index contributed by atoms with van der Waals surface area (Å²) in [6, 6.07) is 16.5. The summed E-state index contributed by atoms with van der Waals surface area (Å²) in [4.78, 5) is 15.6. The predicted octanol–water partition coefficient (Wildman–Crippen LogP) is 5.35. The van der Waals surface area contributed by atoms with E-state index in [0.717, 1.165) is 48.9 Å². The van der Waals surface area contributed by atoms with E-state index in [4.69, 9.17) is 11.6 Å². The van der Waals surface area contributed by atoms with Crippen molar-refractivity contribution in [3.8, 4) is 5.69 Å². The third-order valence-electron chi connectivity index (χ3n) is 6.12. The van der Waals surface area contributed by atoms with E-state index in [9.17, 15) is 4.79 Å². The van der Waals surface area contributed by atoms with Crippen molar-refractivity contribution in [1.29, 1.82) is 0 Å². The van der Waals surface area contributed by atoms with Crippen LogP contribution >= 0.6 is 11.6 Å².